The maximum absolute atomic E-state index is 11.6. The van der Waals surface area contributed by atoms with Crippen molar-refractivity contribution in [1.29, 1.82) is 0 Å². The Hall–Kier alpha value is -2.23. The summed E-state index contributed by atoms with van der Waals surface area (Å²) < 4.78 is 1.25. The van der Waals surface area contributed by atoms with Gasteiger partial charge in [-0.25, -0.2) is 4.68 Å². The normalized spacial score (nSPS) is 10.1. The van der Waals surface area contributed by atoms with Gasteiger partial charge in [0.15, 0.2) is 5.75 Å². The Morgan fingerprint density at radius 2 is 1.88 bits per heavy atom. The molecule has 0 fully saturated rings. The molecule has 1 heterocycles. The van der Waals surface area contributed by atoms with Crippen LogP contribution in [0.3, 0.4) is 0 Å². The van der Waals surface area contributed by atoms with Crippen LogP contribution < -0.4 is 11.0 Å². The average molecular weight is 216 g/mol. The van der Waals surface area contributed by atoms with E-state index in [1.807, 2.05) is 30.3 Å². The fourth-order valence-corrected chi connectivity index (χ4v) is 1.36. The van der Waals surface area contributed by atoms with Crippen molar-refractivity contribution in [1.82, 2.24) is 4.68 Å². The summed E-state index contributed by atoms with van der Waals surface area (Å²) in [6, 6.07) is 11.0. The van der Waals surface area contributed by atoms with E-state index in [1.54, 1.807) is 19.2 Å². The summed E-state index contributed by atoms with van der Waals surface area (Å²) in [4.78, 5) is 11.6. The lowest BCUT2D eigenvalue weighted by Crippen LogP contribution is -2.25. The van der Waals surface area contributed by atoms with Gasteiger partial charge in [0.1, 0.15) is 0 Å². The summed E-state index contributed by atoms with van der Waals surface area (Å²) in [5.41, 5.74) is 3.78. The molecule has 0 aliphatic rings. The smallest absolute Gasteiger partial charge is 0.311 e. The molecule has 0 saturated carbocycles. The second-order valence-corrected chi connectivity index (χ2v) is 3.50. The Morgan fingerprint density at radius 1 is 1.19 bits per heavy atom. The van der Waals surface area contributed by atoms with E-state index in [-0.39, 0.29) is 5.75 Å². The Morgan fingerprint density at radius 3 is 2.56 bits per heavy atom. The zero-order valence-electron chi connectivity index (χ0n) is 8.84. The number of rotatable bonds is 2. The first kappa shape index (κ1) is 10.3. The number of nitrogens with one attached hydrogen (secondary N) is 1. The molecule has 0 aliphatic carbocycles. The molecule has 0 atom stereocenters. The molecule has 2 N–H and O–H groups in total. The molecule has 0 amide bonds. The predicted octanol–water partition coefficient (Wildman–Crippen LogP) is 1.74. The molecule has 82 valence electrons. The van der Waals surface area contributed by atoms with E-state index in [0.29, 0.717) is 5.56 Å². The van der Waals surface area contributed by atoms with Crippen LogP contribution in [0.4, 0.5) is 5.69 Å². The molecule has 0 aliphatic heterocycles. The third-order valence-electron chi connectivity index (χ3n) is 2.29. The molecule has 2 aromatic rings. The van der Waals surface area contributed by atoms with Crippen LogP contribution >= 0.6 is 0 Å². The number of para-hydroxylation sites is 1. The average Bonchev–Trinajstić information content (AvgIpc) is 2.31. The summed E-state index contributed by atoms with van der Waals surface area (Å²) in [5, 5.41) is 9.49. The van der Waals surface area contributed by atoms with Crippen molar-refractivity contribution in [2.75, 3.05) is 5.43 Å². The van der Waals surface area contributed by atoms with Crippen LogP contribution in [0.2, 0.25) is 0 Å². The number of hydrogen-bond donors (Lipinski definition) is 2. The van der Waals surface area contributed by atoms with E-state index in [0.717, 1.165) is 5.69 Å². The van der Waals surface area contributed by atoms with Crippen LogP contribution in [0.1, 0.15) is 5.56 Å². The third kappa shape index (κ3) is 1.91. The fourth-order valence-electron chi connectivity index (χ4n) is 1.36. The van der Waals surface area contributed by atoms with Crippen molar-refractivity contribution < 1.29 is 5.11 Å². The van der Waals surface area contributed by atoms with Gasteiger partial charge in [-0.2, -0.15) is 0 Å². The highest BCUT2D eigenvalue weighted by atomic mass is 16.3. The van der Waals surface area contributed by atoms with E-state index < -0.39 is 5.56 Å². The van der Waals surface area contributed by atoms with Crippen molar-refractivity contribution in [3.8, 4) is 5.75 Å². The van der Waals surface area contributed by atoms with Gasteiger partial charge in [0.2, 0.25) is 0 Å². The van der Waals surface area contributed by atoms with Crippen molar-refractivity contribution in [2.45, 2.75) is 6.92 Å². The number of benzene rings is 1. The van der Waals surface area contributed by atoms with Gasteiger partial charge in [0.25, 0.3) is 0 Å². The zero-order chi connectivity index (χ0) is 11.5. The second kappa shape index (κ2) is 4.10. The minimum Gasteiger partial charge on any atom is -0.503 e. The van der Waals surface area contributed by atoms with Gasteiger partial charge in [-0.1, -0.05) is 18.2 Å². The molecule has 2 rings (SSSR count). The maximum atomic E-state index is 11.6. The topological polar surface area (TPSA) is 54.3 Å². The van der Waals surface area contributed by atoms with Gasteiger partial charge in [0, 0.05) is 6.20 Å². The SMILES string of the molecule is Cc1ccn(Nc2ccccc2)c(=O)c1O. The fraction of sp³-hybridized carbons (Fsp3) is 0.0833. The quantitative estimate of drug-likeness (QED) is 0.804. The van der Waals surface area contributed by atoms with Gasteiger partial charge in [-0.15, -0.1) is 0 Å². The number of aryl methyl sites for hydroxylation is 1. The lowest BCUT2D eigenvalue weighted by Gasteiger charge is -2.10. The number of pyridine rings is 1. The van der Waals surface area contributed by atoms with Crippen LogP contribution in [-0.2, 0) is 0 Å². The highest BCUT2D eigenvalue weighted by Gasteiger charge is 2.04. The number of hydrogen-bond acceptors (Lipinski definition) is 3. The molecule has 0 unspecified atom stereocenters. The minimum absolute atomic E-state index is 0.231. The van der Waals surface area contributed by atoms with Gasteiger partial charge < -0.3 is 5.11 Å². The molecule has 1 aromatic carbocycles. The van der Waals surface area contributed by atoms with E-state index in [2.05, 4.69) is 5.43 Å². The molecule has 0 saturated heterocycles. The van der Waals surface area contributed by atoms with Crippen molar-refractivity contribution in [3.63, 3.8) is 0 Å². The first-order chi connectivity index (χ1) is 7.68. The first-order valence-corrected chi connectivity index (χ1v) is 4.92. The molecular formula is C12H12N2O2. The van der Waals surface area contributed by atoms with Gasteiger partial charge in [-0.05, 0) is 30.7 Å². The number of aromatic nitrogens is 1. The number of aromatic hydroxyl groups is 1. The minimum atomic E-state index is -0.455. The zero-order valence-corrected chi connectivity index (χ0v) is 8.84. The molecule has 0 bridgehead atoms. The second-order valence-electron chi connectivity index (χ2n) is 3.50. The standard InChI is InChI=1S/C12H12N2O2/c1-9-7-8-14(12(16)11(9)15)13-10-5-3-2-4-6-10/h2-8,13,15H,1H3. The van der Waals surface area contributed by atoms with Crippen LogP contribution in [0.25, 0.3) is 0 Å². The number of nitrogens with zero attached hydrogens (tertiary/aromatic N) is 1. The molecule has 0 spiro atoms. The lowest BCUT2D eigenvalue weighted by atomic mass is 10.3. The van der Waals surface area contributed by atoms with Gasteiger partial charge in [-0.3, -0.25) is 10.2 Å². The molecule has 4 nitrogen and oxygen atoms in total. The summed E-state index contributed by atoms with van der Waals surface area (Å²) in [6.07, 6.45) is 1.59. The van der Waals surface area contributed by atoms with Crippen molar-refractivity contribution >= 4 is 5.69 Å². The highest BCUT2D eigenvalue weighted by molar-refractivity contribution is 5.42. The number of anilines is 1. The summed E-state index contributed by atoms with van der Waals surface area (Å²) in [6.45, 7) is 1.68. The molecule has 16 heavy (non-hydrogen) atoms. The van der Waals surface area contributed by atoms with E-state index in [4.69, 9.17) is 0 Å². The Balaban J connectivity index is 2.37. The summed E-state index contributed by atoms with van der Waals surface area (Å²) in [7, 11) is 0. The largest absolute Gasteiger partial charge is 0.503 e. The van der Waals surface area contributed by atoms with Crippen molar-refractivity contribution in [2.24, 2.45) is 0 Å². The van der Waals surface area contributed by atoms with Gasteiger partial charge >= 0.3 is 5.56 Å². The van der Waals surface area contributed by atoms with E-state index in [1.165, 1.54) is 4.68 Å². The Bertz CT molecular complexity index is 547. The highest BCUT2D eigenvalue weighted by Crippen LogP contribution is 2.09. The Labute approximate surface area is 92.8 Å². The molecule has 0 radical (unpaired) electrons. The van der Waals surface area contributed by atoms with Crippen molar-refractivity contribution in [3.05, 3.63) is 58.5 Å². The first-order valence-electron chi connectivity index (χ1n) is 4.92. The Kier molecular flexibility index (Phi) is 2.64. The van der Waals surface area contributed by atoms with Crippen LogP contribution in [0, 0.1) is 6.92 Å². The van der Waals surface area contributed by atoms with E-state index in [9.17, 15) is 9.90 Å². The van der Waals surface area contributed by atoms with Crippen LogP contribution in [-0.4, -0.2) is 9.78 Å². The lowest BCUT2D eigenvalue weighted by molar-refractivity contribution is 0.458. The predicted molar refractivity (Wildman–Crippen MR) is 62.6 cm³/mol. The van der Waals surface area contributed by atoms with Gasteiger partial charge in [0.05, 0.1) is 5.69 Å². The summed E-state index contributed by atoms with van der Waals surface area (Å²) >= 11 is 0. The summed E-state index contributed by atoms with van der Waals surface area (Å²) in [5.74, 6) is -0.231. The maximum Gasteiger partial charge on any atom is 0.311 e. The van der Waals surface area contributed by atoms with Crippen LogP contribution in [0.5, 0.6) is 5.75 Å². The van der Waals surface area contributed by atoms with E-state index >= 15 is 0 Å². The monoisotopic (exact) mass is 216 g/mol. The molecular weight excluding hydrogens is 204 g/mol. The molecule has 1 aromatic heterocycles. The molecule has 4 heteroatoms. The third-order valence-corrected chi connectivity index (χ3v) is 2.29. The van der Waals surface area contributed by atoms with Crippen LogP contribution in [0.15, 0.2) is 47.4 Å².